The molecule has 2 saturated heterocycles. The molecule has 0 amide bonds. The van der Waals surface area contributed by atoms with Crippen molar-refractivity contribution in [2.24, 2.45) is 0 Å². The Bertz CT molecular complexity index is 613. The van der Waals surface area contributed by atoms with Gasteiger partial charge in [0, 0.05) is 31.9 Å². The van der Waals surface area contributed by atoms with E-state index >= 15 is 0 Å². The molecule has 0 aliphatic carbocycles. The van der Waals surface area contributed by atoms with E-state index in [4.69, 9.17) is 14.5 Å². The highest BCUT2D eigenvalue weighted by atomic mass is 16.5. The zero-order chi connectivity index (χ0) is 14.1. The Labute approximate surface area is 124 Å². The minimum absolute atomic E-state index is 0.372. The topological polar surface area (TPSA) is 49.2 Å². The van der Waals surface area contributed by atoms with Gasteiger partial charge in [-0.25, -0.2) is 9.97 Å². The molecule has 4 heterocycles. The quantitative estimate of drug-likeness (QED) is 0.852. The Hall–Kier alpha value is -1.46. The van der Waals surface area contributed by atoms with Gasteiger partial charge in [0.05, 0.1) is 12.6 Å². The average Bonchev–Trinajstić information content (AvgIpc) is 2.96. The molecule has 2 aliphatic rings. The minimum Gasteiger partial charge on any atom is -0.381 e. The molecule has 21 heavy (non-hydrogen) atoms. The number of hydrogen-bond acceptors (Lipinski definition) is 4. The van der Waals surface area contributed by atoms with Crippen molar-refractivity contribution in [1.29, 1.82) is 0 Å². The van der Waals surface area contributed by atoms with Crippen LogP contribution < -0.4 is 0 Å². The predicted molar refractivity (Wildman–Crippen MR) is 79.4 cm³/mol. The maximum Gasteiger partial charge on any atom is 0.160 e. The first-order chi connectivity index (χ1) is 10.4. The maximum atomic E-state index is 5.70. The van der Waals surface area contributed by atoms with Crippen molar-refractivity contribution in [2.75, 3.05) is 26.4 Å². The molecule has 2 aromatic heterocycles. The third-order valence-electron chi connectivity index (χ3n) is 4.56. The Balaban J connectivity index is 1.79. The van der Waals surface area contributed by atoms with Crippen LogP contribution in [-0.4, -0.2) is 41.0 Å². The van der Waals surface area contributed by atoms with Crippen LogP contribution in [0.5, 0.6) is 0 Å². The first kappa shape index (κ1) is 13.2. The van der Waals surface area contributed by atoms with E-state index in [-0.39, 0.29) is 0 Å². The van der Waals surface area contributed by atoms with Crippen molar-refractivity contribution < 1.29 is 9.47 Å². The van der Waals surface area contributed by atoms with E-state index in [1.165, 1.54) is 5.82 Å². The van der Waals surface area contributed by atoms with E-state index in [2.05, 4.69) is 15.6 Å². The van der Waals surface area contributed by atoms with Gasteiger partial charge in [-0.2, -0.15) is 0 Å². The number of ether oxygens (including phenoxy) is 2. The highest BCUT2D eigenvalue weighted by molar-refractivity contribution is 5.71. The first-order valence-electron chi connectivity index (χ1n) is 7.92. The van der Waals surface area contributed by atoms with Crippen molar-refractivity contribution in [3.63, 3.8) is 0 Å². The molecule has 0 radical (unpaired) electrons. The van der Waals surface area contributed by atoms with E-state index in [9.17, 15) is 0 Å². The highest BCUT2D eigenvalue weighted by Crippen LogP contribution is 2.33. The second-order valence-electron chi connectivity index (χ2n) is 5.94. The molecule has 0 bridgehead atoms. The zero-order valence-electron chi connectivity index (χ0n) is 12.2. The molecule has 112 valence electrons. The fourth-order valence-corrected chi connectivity index (χ4v) is 3.48. The molecule has 5 nitrogen and oxygen atoms in total. The second kappa shape index (κ2) is 5.73. The van der Waals surface area contributed by atoms with Crippen molar-refractivity contribution in [2.45, 2.75) is 37.6 Å². The second-order valence-corrected chi connectivity index (χ2v) is 5.94. The van der Waals surface area contributed by atoms with Gasteiger partial charge < -0.3 is 14.0 Å². The van der Waals surface area contributed by atoms with Gasteiger partial charge in [-0.15, -0.1) is 0 Å². The van der Waals surface area contributed by atoms with Gasteiger partial charge in [0.15, 0.2) is 5.65 Å². The van der Waals surface area contributed by atoms with Gasteiger partial charge in [0.25, 0.3) is 0 Å². The molecular formula is C16H21N3O2. The maximum absolute atomic E-state index is 5.70. The standard InChI is InChI=1S/C16H21N3O2/c1-4-14-16(17-7-1)19(13-3-2-8-21-11-13)15(18-14)12-5-9-20-10-6-12/h1,4,7,12-13H,2-3,5-6,8-11H2. The molecule has 0 aromatic carbocycles. The van der Waals surface area contributed by atoms with Crippen LogP contribution in [0.2, 0.25) is 0 Å². The summed E-state index contributed by atoms with van der Waals surface area (Å²) in [6.45, 7) is 3.33. The normalized spacial score (nSPS) is 24.5. The van der Waals surface area contributed by atoms with E-state index in [0.29, 0.717) is 12.0 Å². The van der Waals surface area contributed by atoms with Crippen LogP contribution in [0.3, 0.4) is 0 Å². The van der Waals surface area contributed by atoms with Crippen molar-refractivity contribution >= 4 is 11.2 Å². The summed E-state index contributed by atoms with van der Waals surface area (Å²) in [6.07, 6.45) is 6.23. The van der Waals surface area contributed by atoms with Gasteiger partial charge in [-0.3, -0.25) is 0 Å². The van der Waals surface area contributed by atoms with Crippen molar-refractivity contribution in [3.05, 3.63) is 24.2 Å². The largest absolute Gasteiger partial charge is 0.381 e. The SMILES string of the molecule is c1cnc2c(c1)nc(C1CCOCC1)n2C1CCCOC1. The smallest absolute Gasteiger partial charge is 0.160 e. The number of rotatable bonds is 2. The molecular weight excluding hydrogens is 266 g/mol. The molecule has 1 unspecified atom stereocenters. The summed E-state index contributed by atoms with van der Waals surface area (Å²) >= 11 is 0. The molecule has 2 aliphatic heterocycles. The summed E-state index contributed by atoms with van der Waals surface area (Å²) in [7, 11) is 0. The predicted octanol–water partition coefficient (Wildman–Crippen LogP) is 2.68. The lowest BCUT2D eigenvalue weighted by Crippen LogP contribution is -2.25. The summed E-state index contributed by atoms with van der Waals surface area (Å²) in [5.41, 5.74) is 2.01. The van der Waals surface area contributed by atoms with Gasteiger partial charge in [-0.1, -0.05) is 0 Å². The lowest BCUT2D eigenvalue weighted by Gasteiger charge is -2.28. The Morgan fingerprint density at radius 3 is 2.81 bits per heavy atom. The number of aromatic nitrogens is 3. The van der Waals surface area contributed by atoms with Gasteiger partial charge in [0.1, 0.15) is 11.3 Å². The summed E-state index contributed by atoms with van der Waals surface area (Å²) in [5, 5.41) is 0. The van der Waals surface area contributed by atoms with Crippen LogP contribution >= 0.6 is 0 Å². The molecule has 4 rings (SSSR count). The fourth-order valence-electron chi connectivity index (χ4n) is 3.48. The van der Waals surface area contributed by atoms with E-state index in [0.717, 1.165) is 63.3 Å². The summed E-state index contributed by atoms with van der Waals surface area (Å²) in [6, 6.07) is 4.40. The Kier molecular flexibility index (Phi) is 3.61. The number of fused-ring (bicyclic) bond motifs is 1. The highest BCUT2D eigenvalue weighted by Gasteiger charge is 2.28. The summed E-state index contributed by atoms with van der Waals surface area (Å²) in [5.74, 6) is 1.66. The van der Waals surface area contributed by atoms with Crippen LogP contribution in [0.25, 0.3) is 11.2 Å². The Morgan fingerprint density at radius 2 is 2.00 bits per heavy atom. The van der Waals surface area contributed by atoms with Crippen molar-refractivity contribution in [3.8, 4) is 0 Å². The van der Waals surface area contributed by atoms with Crippen LogP contribution in [0, 0.1) is 0 Å². The number of hydrogen-bond donors (Lipinski definition) is 0. The van der Waals surface area contributed by atoms with Crippen LogP contribution in [0.1, 0.15) is 43.5 Å². The monoisotopic (exact) mass is 287 g/mol. The third-order valence-corrected chi connectivity index (χ3v) is 4.56. The fraction of sp³-hybridized carbons (Fsp3) is 0.625. The average molecular weight is 287 g/mol. The van der Waals surface area contributed by atoms with Crippen molar-refractivity contribution in [1.82, 2.24) is 14.5 Å². The van der Waals surface area contributed by atoms with Crippen LogP contribution in [-0.2, 0) is 9.47 Å². The van der Waals surface area contributed by atoms with Crippen LogP contribution in [0.15, 0.2) is 18.3 Å². The third kappa shape index (κ3) is 2.45. The molecule has 0 spiro atoms. The molecule has 0 saturated carbocycles. The molecule has 2 aromatic rings. The number of imidazole rings is 1. The van der Waals surface area contributed by atoms with E-state index in [1.807, 2.05) is 12.3 Å². The van der Waals surface area contributed by atoms with E-state index in [1.54, 1.807) is 0 Å². The molecule has 2 fully saturated rings. The summed E-state index contributed by atoms with van der Waals surface area (Å²) < 4.78 is 13.6. The van der Waals surface area contributed by atoms with Gasteiger partial charge in [-0.05, 0) is 37.8 Å². The Morgan fingerprint density at radius 1 is 1.10 bits per heavy atom. The molecule has 1 atom stereocenters. The number of pyridine rings is 1. The lowest BCUT2D eigenvalue weighted by atomic mass is 9.98. The zero-order valence-corrected chi connectivity index (χ0v) is 12.2. The minimum atomic E-state index is 0.372. The summed E-state index contributed by atoms with van der Waals surface area (Å²) in [4.78, 5) is 9.49. The number of nitrogens with zero attached hydrogens (tertiary/aromatic N) is 3. The van der Waals surface area contributed by atoms with Crippen LogP contribution in [0.4, 0.5) is 0 Å². The molecule has 5 heteroatoms. The van der Waals surface area contributed by atoms with Gasteiger partial charge >= 0.3 is 0 Å². The molecule has 0 N–H and O–H groups in total. The van der Waals surface area contributed by atoms with Gasteiger partial charge in [0.2, 0.25) is 0 Å². The lowest BCUT2D eigenvalue weighted by molar-refractivity contribution is 0.0555. The first-order valence-corrected chi connectivity index (χ1v) is 7.92. The van der Waals surface area contributed by atoms with E-state index < -0.39 is 0 Å².